The van der Waals surface area contributed by atoms with E-state index in [0.717, 1.165) is 38.3 Å². The van der Waals surface area contributed by atoms with E-state index in [1.807, 2.05) is 11.8 Å². The van der Waals surface area contributed by atoms with Gasteiger partial charge in [0.15, 0.2) is 5.96 Å². The van der Waals surface area contributed by atoms with Gasteiger partial charge in [-0.2, -0.15) is 11.8 Å². The fourth-order valence-electron chi connectivity index (χ4n) is 2.75. The number of thioether (sulfide) groups is 1. The van der Waals surface area contributed by atoms with Gasteiger partial charge in [0.2, 0.25) is 0 Å². The van der Waals surface area contributed by atoms with Crippen molar-refractivity contribution in [2.75, 3.05) is 31.6 Å². The van der Waals surface area contributed by atoms with Crippen molar-refractivity contribution in [2.45, 2.75) is 58.5 Å². The fraction of sp³-hybridized carbons (Fsp3) is 0.938. The summed E-state index contributed by atoms with van der Waals surface area (Å²) in [5, 5.41) is 16.9. The second-order valence-electron chi connectivity index (χ2n) is 6.24. The summed E-state index contributed by atoms with van der Waals surface area (Å²) < 4.78 is 0. The number of nitrogens with zero attached hydrogens (tertiary/aromatic N) is 1. The molecule has 1 rings (SSSR count). The van der Waals surface area contributed by atoms with E-state index in [0.29, 0.717) is 6.54 Å². The molecule has 0 heterocycles. The Balaban J connectivity index is 2.42. The zero-order valence-electron chi connectivity index (χ0n) is 14.0. The van der Waals surface area contributed by atoms with Crippen molar-refractivity contribution >= 4 is 17.7 Å². The zero-order valence-corrected chi connectivity index (χ0v) is 14.8. The third kappa shape index (κ3) is 6.92. The van der Waals surface area contributed by atoms with E-state index >= 15 is 0 Å². The lowest BCUT2D eigenvalue weighted by atomic mass is 9.73. The maximum Gasteiger partial charge on any atom is 0.191 e. The number of hydrogen-bond donors (Lipinski definition) is 3. The van der Waals surface area contributed by atoms with Gasteiger partial charge >= 0.3 is 0 Å². The highest BCUT2D eigenvalue weighted by atomic mass is 32.2. The van der Waals surface area contributed by atoms with Gasteiger partial charge in [-0.05, 0) is 44.6 Å². The molecule has 1 fully saturated rings. The van der Waals surface area contributed by atoms with E-state index in [2.05, 4.69) is 30.7 Å². The lowest BCUT2D eigenvalue weighted by Gasteiger charge is -2.37. The molecule has 0 bridgehead atoms. The first-order valence-electron chi connectivity index (χ1n) is 8.31. The summed E-state index contributed by atoms with van der Waals surface area (Å²) in [6.07, 6.45) is 8.70. The minimum Gasteiger partial charge on any atom is -0.392 e. The molecule has 0 amide bonds. The Morgan fingerprint density at radius 1 is 1.33 bits per heavy atom. The molecule has 0 aromatic heterocycles. The summed E-state index contributed by atoms with van der Waals surface area (Å²) in [6.45, 7) is 6.79. The van der Waals surface area contributed by atoms with Crippen LogP contribution in [0.2, 0.25) is 0 Å². The lowest BCUT2D eigenvalue weighted by molar-refractivity contribution is 0.00716. The summed E-state index contributed by atoms with van der Waals surface area (Å²) in [5.41, 5.74) is -0.0561. The van der Waals surface area contributed by atoms with Crippen molar-refractivity contribution in [2.24, 2.45) is 10.4 Å². The number of aliphatic imine (C=N–C) groups is 1. The largest absolute Gasteiger partial charge is 0.392 e. The molecule has 0 spiro atoms. The van der Waals surface area contributed by atoms with Gasteiger partial charge in [-0.3, -0.25) is 4.99 Å². The Bertz CT molecular complexity index is 312. The van der Waals surface area contributed by atoms with Crippen molar-refractivity contribution < 1.29 is 5.11 Å². The van der Waals surface area contributed by atoms with Crippen LogP contribution < -0.4 is 10.6 Å². The fourth-order valence-corrected chi connectivity index (χ4v) is 3.24. The number of aliphatic hydroxyl groups excluding tert-OH is 1. The van der Waals surface area contributed by atoms with Crippen LogP contribution in [0.5, 0.6) is 0 Å². The first-order chi connectivity index (χ1) is 10.1. The highest BCUT2D eigenvalue weighted by Crippen LogP contribution is 2.36. The van der Waals surface area contributed by atoms with Crippen LogP contribution >= 0.6 is 11.8 Å². The maximum absolute atomic E-state index is 10.2. The van der Waals surface area contributed by atoms with Crippen molar-refractivity contribution in [1.29, 1.82) is 0 Å². The van der Waals surface area contributed by atoms with Crippen molar-refractivity contribution in [3.05, 3.63) is 0 Å². The van der Waals surface area contributed by atoms with E-state index in [9.17, 15) is 5.11 Å². The Morgan fingerprint density at radius 3 is 2.81 bits per heavy atom. The summed E-state index contributed by atoms with van der Waals surface area (Å²) in [7, 11) is 0. The second-order valence-corrected chi connectivity index (χ2v) is 7.22. The normalized spacial score (nSPS) is 26.7. The first kappa shape index (κ1) is 18.6. The van der Waals surface area contributed by atoms with Gasteiger partial charge < -0.3 is 15.7 Å². The minimum absolute atomic E-state index is 0.0561. The molecule has 0 aromatic rings. The predicted octanol–water partition coefficient (Wildman–Crippen LogP) is 2.63. The summed E-state index contributed by atoms with van der Waals surface area (Å²) in [4.78, 5) is 4.71. The Morgan fingerprint density at radius 2 is 2.14 bits per heavy atom. The topological polar surface area (TPSA) is 56.7 Å². The zero-order chi connectivity index (χ0) is 15.6. The maximum atomic E-state index is 10.2. The minimum atomic E-state index is -0.209. The van der Waals surface area contributed by atoms with Crippen LogP contribution in [-0.2, 0) is 0 Å². The van der Waals surface area contributed by atoms with Crippen molar-refractivity contribution in [3.8, 4) is 0 Å². The average Bonchev–Trinajstić information content (AvgIpc) is 2.48. The van der Waals surface area contributed by atoms with E-state index in [4.69, 9.17) is 4.99 Å². The average molecular weight is 316 g/mol. The number of nitrogens with one attached hydrogen (secondary N) is 2. The molecule has 0 saturated heterocycles. The van der Waals surface area contributed by atoms with Crippen LogP contribution in [0.25, 0.3) is 0 Å². The van der Waals surface area contributed by atoms with Crippen LogP contribution in [0.3, 0.4) is 0 Å². The van der Waals surface area contributed by atoms with E-state index in [-0.39, 0.29) is 11.5 Å². The molecule has 1 aliphatic rings. The van der Waals surface area contributed by atoms with Crippen LogP contribution in [0, 0.1) is 5.41 Å². The van der Waals surface area contributed by atoms with Gasteiger partial charge in [0.05, 0.1) is 12.6 Å². The van der Waals surface area contributed by atoms with Gasteiger partial charge in [-0.1, -0.05) is 19.8 Å². The van der Waals surface area contributed by atoms with Crippen LogP contribution in [0.1, 0.15) is 52.4 Å². The molecule has 0 radical (unpaired) electrons. The van der Waals surface area contributed by atoms with E-state index in [1.165, 1.54) is 25.0 Å². The molecule has 5 heteroatoms. The van der Waals surface area contributed by atoms with Gasteiger partial charge in [0.1, 0.15) is 0 Å². The number of aliphatic hydroxyl groups is 1. The van der Waals surface area contributed by atoms with Crippen molar-refractivity contribution in [1.82, 2.24) is 10.6 Å². The second kappa shape index (κ2) is 10.3. The molecule has 124 valence electrons. The summed E-state index contributed by atoms with van der Waals surface area (Å²) >= 11 is 1.90. The molecule has 2 unspecified atom stereocenters. The third-order valence-electron chi connectivity index (χ3n) is 4.29. The Kier molecular flexibility index (Phi) is 9.16. The smallest absolute Gasteiger partial charge is 0.191 e. The standard InChI is InChI=1S/C16H33N3OS/c1-4-17-15(18-11-7-8-12-21-3)19-13-16(2)10-6-5-9-14(16)20/h14,20H,4-13H2,1-3H3,(H2,17,18,19). The number of hydrogen-bond acceptors (Lipinski definition) is 3. The number of rotatable bonds is 8. The first-order valence-corrected chi connectivity index (χ1v) is 9.71. The molecule has 0 aliphatic heterocycles. The molecular weight excluding hydrogens is 282 g/mol. The van der Waals surface area contributed by atoms with Gasteiger partial charge in [-0.25, -0.2) is 0 Å². The monoisotopic (exact) mass is 315 g/mol. The molecule has 1 saturated carbocycles. The molecular formula is C16H33N3OS. The van der Waals surface area contributed by atoms with Gasteiger partial charge in [0.25, 0.3) is 0 Å². The highest BCUT2D eigenvalue weighted by Gasteiger charge is 2.35. The van der Waals surface area contributed by atoms with Crippen LogP contribution in [0.4, 0.5) is 0 Å². The molecule has 21 heavy (non-hydrogen) atoms. The van der Waals surface area contributed by atoms with E-state index in [1.54, 1.807) is 0 Å². The molecule has 0 aromatic carbocycles. The van der Waals surface area contributed by atoms with E-state index < -0.39 is 0 Å². The molecule has 2 atom stereocenters. The Labute approximate surface area is 134 Å². The molecule has 1 aliphatic carbocycles. The lowest BCUT2D eigenvalue weighted by Crippen LogP contribution is -2.42. The summed E-state index contributed by atoms with van der Waals surface area (Å²) in [6, 6.07) is 0. The number of guanidine groups is 1. The Hall–Kier alpha value is -0.420. The molecule has 4 nitrogen and oxygen atoms in total. The van der Waals surface area contributed by atoms with Gasteiger partial charge in [-0.15, -0.1) is 0 Å². The van der Waals surface area contributed by atoms with Crippen LogP contribution in [0.15, 0.2) is 4.99 Å². The molecule has 3 N–H and O–H groups in total. The number of unbranched alkanes of at least 4 members (excludes halogenated alkanes) is 1. The van der Waals surface area contributed by atoms with Gasteiger partial charge in [0, 0.05) is 18.5 Å². The quantitative estimate of drug-likeness (QED) is 0.366. The SMILES string of the molecule is CCNC(=NCC1(C)CCCCC1O)NCCCCSC. The predicted molar refractivity (Wildman–Crippen MR) is 94.2 cm³/mol. The van der Waals surface area contributed by atoms with Crippen LogP contribution in [-0.4, -0.2) is 48.8 Å². The van der Waals surface area contributed by atoms with Crippen molar-refractivity contribution in [3.63, 3.8) is 0 Å². The summed E-state index contributed by atoms with van der Waals surface area (Å²) in [5.74, 6) is 2.11. The third-order valence-corrected chi connectivity index (χ3v) is 4.99. The highest BCUT2D eigenvalue weighted by molar-refractivity contribution is 7.98.